The van der Waals surface area contributed by atoms with Gasteiger partial charge < -0.3 is 14.1 Å². The number of hydrogen-bond acceptors (Lipinski definition) is 5. The van der Waals surface area contributed by atoms with Crippen LogP contribution >= 0.6 is 0 Å². The highest BCUT2D eigenvalue weighted by Crippen LogP contribution is 2.16. The average Bonchev–Trinajstić information content (AvgIpc) is 3.20. The van der Waals surface area contributed by atoms with Gasteiger partial charge in [-0.2, -0.15) is 0 Å². The topological polar surface area (TPSA) is 58.8 Å². The molecule has 6 heteroatoms. The second-order valence-electron chi connectivity index (χ2n) is 7.36. The van der Waals surface area contributed by atoms with Crippen molar-refractivity contribution in [3.05, 3.63) is 90.1 Å². The van der Waals surface area contributed by atoms with Crippen LogP contribution in [0.2, 0.25) is 0 Å². The molecule has 0 N–H and O–H groups in total. The van der Waals surface area contributed by atoms with E-state index < -0.39 is 0 Å². The average molecular weight is 391 g/mol. The number of hydrogen-bond donors (Lipinski definition) is 0. The SMILES string of the molecule is O=C1CN(Cc2ccoc2)CC(OCc2ccccc2)CN1Cc1cccnc1. The Bertz CT molecular complexity index is 884. The lowest BCUT2D eigenvalue weighted by Crippen LogP contribution is -2.37. The highest BCUT2D eigenvalue weighted by Gasteiger charge is 2.28. The summed E-state index contributed by atoms with van der Waals surface area (Å²) in [6.07, 6.45) is 6.86. The number of aromatic nitrogens is 1. The Morgan fingerprint density at radius 2 is 1.86 bits per heavy atom. The second kappa shape index (κ2) is 9.49. The van der Waals surface area contributed by atoms with Crippen LogP contribution in [-0.2, 0) is 29.2 Å². The standard InChI is InChI=1S/C23H25N3O3/c27-23-16-25(12-21-8-10-28-17-21)14-22(29-18-19-5-2-1-3-6-19)15-26(23)13-20-7-4-9-24-11-20/h1-11,17,22H,12-16,18H2. The van der Waals surface area contributed by atoms with E-state index in [1.54, 1.807) is 24.9 Å². The number of furan rings is 1. The fraction of sp³-hybridized carbons (Fsp3) is 0.304. The van der Waals surface area contributed by atoms with Crippen molar-refractivity contribution in [3.63, 3.8) is 0 Å². The van der Waals surface area contributed by atoms with Gasteiger partial charge in [-0.1, -0.05) is 36.4 Å². The molecule has 29 heavy (non-hydrogen) atoms. The summed E-state index contributed by atoms with van der Waals surface area (Å²) in [4.78, 5) is 21.1. The molecule has 0 aliphatic carbocycles. The van der Waals surface area contributed by atoms with Crippen molar-refractivity contribution in [2.24, 2.45) is 0 Å². The molecular weight excluding hydrogens is 366 g/mol. The molecular formula is C23H25N3O3. The van der Waals surface area contributed by atoms with E-state index in [1.807, 2.05) is 41.3 Å². The van der Waals surface area contributed by atoms with Crippen molar-refractivity contribution < 1.29 is 13.9 Å². The molecule has 1 aliphatic rings. The molecule has 4 rings (SSSR count). The molecule has 2 aromatic heterocycles. The number of benzene rings is 1. The number of carbonyl (C=O) groups excluding carboxylic acids is 1. The number of ether oxygens (including phenoxy) is 1. The van der Waals surface area contributed by atoms with Crippen molar-refractivity contribution >= 4 is 5.91 Å². The zero-order valence-corrected chi connectivity index (χ0v) is 16.3. The summed E-state index contributed by atoms with van der Waals surface area (Å²) in [5.74, 6) is 0.100. The number of pyridine rings is 1. The van der Waals surface area contributed by atoms with Crippen LogP contribution in [-0.4, -0.2) is 46.4 Å². The van der Waals surface area contributed by atoms with Crippen LogP contribution in [0.4, 0.5) is 0 Å². The Morgan fingerprint density at radius 1 is 1.00 bits per heavy atom. The molecule has 0 radical (unpaired) electrons. The molecule has 0 spiro atoms. The molecule has 1 unspecified atom stereocenters. The molecule has 1 saturated heterocycles. The first kappa shape index (κ1) is 19.4. The zero-order valence-electron chi connectivity index (χ0n) is 16.3. The van der Waals surface area contributed by atoms with Crippen LogP contribution in [0.1, 0.15) is 16.7 Å². The van der Waals surface area contributed by atoms with Gasteiger partial charge in [-0.05, 0) is 23.3 Å². The van der Waals surface area contributed by atoms with Gasteiger partial charge in [0.15, 0.2) is 0 Å². The lowest BCUT2D eigenvalue weighted by Gasteiger charge is -2.25. The van der Waals surface area contributed by atoms with Gasteiger partial charge >= 0.3 is 0 Å². The summed E-state index contributed by atoms with van der Waals surface area (Å²) in [6.45, 7) is 3.33. The Labute approximate surface area is 170 Å². The van der Waals surface area contributed by atoms with Gasteiger partial charge in [-0.3, -0.25) is 14.7 Å². The molecule has 1 aliphatic heterocycles. The quantitative estimate of drug-likeness (QED) is 0.619. The summed E-state index contributed by atoms with van der Waals surface area (Å²) < 4.78 is 11.4. The Balaban J connectivity index is 1.47. The van der Waals surface area contributed by atoms with Gasteiger partial charge in [0.1, 0.15) is 0 Å². The van der Waals surface area contributed by atoms with Crippen LogP contribution < -0.4 is 0 Å². The van der Waals surface area contributed by atoms with Gasteiger partial charge in [0, 0.05) is 44.1 Å². The largest absolute Gasteiger partial charge is 0.472 e. The molecule has 1 fully saturated rings. The fourth-order valence-corrected chi connectivity index (χ4v) is 3.57. The molecule has 0 saturated carbocycles. The lowest BCUT2D eigenvalue weighted by molar-refractivity contribution is -0.132. The van der Waals surface area contributed by atoms with Crippen LogP contribution in [0.5, 0.6) is 0 Å². The highest BCUT2D eigenvalue weighted by molar-refractivity contribution is 5.78. The number of nitrogens with zero attached hydrogens (tertiary/aromatic N) is 3. The molecule has 3 aromatic rings. The smallest absolute Gasteiger partial charge is 0.237 e. The predicted molar refractivity (Wildman–Crippen MR) is 109 cm³/mol. The Hall–Kier alpha value is -2.96. The number of carbonyl (C=O) groups is 1. The van der Waals surface area contributed by atoms with Crippen molar-refractivity contribution in [1.82, 2.24) is 14.8 Å². The molecule has 6 nitrogen and oxygen atoms in total. The minimum Gasteiger partial charge on any atom is -0.472 e. The van der Waals surface area contributed by atoms with E-state index in [-0.39, 0.29) is 12.0 Å². The Morgan fingerprint density at radius 3 is 2.62 bits per heavy atom. The van der Waals surface area contributed by atoms with Crippen molar-refractivity contribution in [2.45, 2.75) is 25.8 Å². The van der Waals surface area contributed by atoms with E-state index in [9.17, 15) is 4.79 Å². The van der Waals surface area contributed by atoms with E-state index in [2.05, 4.69) is 22.0 Å². The van der Waals surface area contributed by atoms with E-state index in [4.69, 9.17) is 9.15 Å². The normalized spacial score (nSPS) is 18.0. The first-order valence-electron chi connectivity index (χ1n) is 9.82. The molecule has 150 valence electrons. The first-order valence-corrected chi connectivity index (χ1v) is 9.82. The highest BCUT2D eigenvalue weighted by atomic mass is 16.5. The minimum atomic E-state index is -0.0785. The van der Waals surface area contributed by atoms with Crippen molar-refractivity contribution in [3.8, 4) is 0 Å². The third-order valence-corrected chi connectivity index (χ3v) is 5.01. The van der Waals surface area contributed by atoms with Crippen LogP contribution in [0.3, 0.4) is 0 Å². The summed E-state index contributed by atoms with van der Waals surface area (Å²) in [5, 5.41) is 0. The van der Waals surface area contributed by atoms with Gasteiger partial charge in [0.2, 0.25) is 5.91 Å². The third kappa shape index (κ3) is 5.53. The van der Waals surface area contributed by atoms with Crippen LogP contribution in [0.25, 0.3) is 0 Å². The zero-order chi connectivity index (χ0) is 19.9. The lowest BCUT2D eigenvalue weighted by atomic mass is 10.2. The van der Waals surface area contributed by atoms with Crippen molar-refractivity contribution in [1.29, 1.82) is 0 Å². The van der Waals surface area contributed by atoms with E-state index in [1.165, 1.54) is 0 Å². The molecule has 1 atom stereocenters. The fourth-order valence-electron chi connectivity index (χ4n) is 3.57. The van der Waals surface area contributed by atoms with Crippen LogP contribution in [0.15, 0.2) is 77.9 Å². The van der Waals surface area contributed by atoms with E-state index in [0.29, 0.717) is 39.3 Å². The van der Waals surface area contributed by atoms with Gasteiger partial charge in [-0.25, -0.2) is 0 Å². The molecule has 1 aromatic carbocycles. The number of rotatable bonds is 7. The number of amides is 1. The minimum absolute atomic E-state index is 0.0785. The molecule has 0 bridgehead atoms. The molecule has 1 amide bonds. The van der Waals surface area contributed by atoms with Crippen molar-refractivity contribution in [2.75, 3.05) is 19.6 Å². The summed E-state index contributed by atoms with van der Waals surface area (Å²) in [5.41, 5.74) is 3.20. The second-order valence-corrected chi connectivity index (χ2v) is 7.36. The summed E-state index contributed by atoms with van der Waals surface area (Å²) in [6, 6.07) is 15.9. The van der Waals surface area contributed by atoms with Gasteiger partial charge in [0.05, 0.1) is 31.8 Å². The maximum Gasteiger partial charge on any atom is 0.237 e. The molecule has 3 heterocycles. The van der Waals surface area contributed by atoms with Gasteiger partial charge in [0.25, 0.3) is 0 Å². The van der Waals surface area contributed by atoms with Gasteiger partial charge in [-0.15, -0.1) is 0 Å². The third-order valence-electron chi connectivity index (χ3n) is 5.01. The maximum atomic E-state index is 13.0. The van der Waals surface area contributed by atoms with E-state index >= 15 is 0 Å². The summed E-state index contributed by atoms with van der Waals surface area (Å²) in [7, 11) is 0. The monoisotopic (exact) mass is 391 g/mol. The van der Waals surface area contributed by atoms with Crippen LogP contribution in [0, 0.1) is 0 Å². The summed E-state index contributed by atoms with van der Waals surface area (Å²) >= 11 is 0. The van der Waals surface area contributed by atoms with E-state index in [0.717, 1.165) is 16.7 Å². The predicted octanol–water partition coefficient (Wildman–Crippen LogP) is 3.10. The maximum absolute atomic E-state index is 13.0. The first-order chi connectivity index (χ1) is 14.3. The Kier molecular flexibility index (Phi) is 6.34.